The van der Waals surface area contributed by atoms with E-state index in [1.165, 1.54) is 54.6 Å². The third kappa shape index (κ3) is 4.78. The molecular weight excluding hydrogens is 657 g/mol. The Morgan fingerprint density at radius 1 is 0.315 bits per heavy atom. The predicted octanol–water partition coefficient (Wildman–Crippen LogP) is 12.8. The molecule has 0 atom stereocenters. The van der Waals surface area contributed by atoms with Gasteiger partial charge in [0.05, 0.1) is 39.1 Å². The van der Waals surface area contributed by atoms with E-state index in [-0.39, 0.29) is 0 Å². The zero-order chi connectivity index (χ0) is 35.6. The van der Waals surface area contributed by atoms with Crippen molar-refractivity contribution in [2.24, 2.45) is 0 Å². The first-order valence-electron chi connectivity index (χ1n) is 18.3. The zero-order valence-electron chi connectivity index (χ0n) is 29.3. The van der Waals surface area contributed by atoms with Crippen LogP contribution in [0.1, 0.15) is 0 Å². The van der Waals surface area contributed by atoms with Crippen LogP contribution >= 0.6 is 0 Å². The molecule has 4 nitrogen and oxygen atoms in total. The SMILES string of the molecule is c1ccc(-c2cc(-c3cccc(-n4c5ccccc5c5cc6c(cc54)c4ccccc4n6-c4cccc5ccccc45)c3)nc(-c3ccccc3)n2)cc1. The minimum absolute atomic E-state index is 0.708. The van der Waals surface area contributed by atoms with E-state index < -0.39 is 0 Å². The van der Waals surface area contributed by atoms with Gasteiger partial charge in [-0.2, -0.15) is 0 Å². The number of hydrogen-bond donors (Lipinski definition) is 0. The van der Waals surface area contributed by atoms with Gasteiger partial charge in [-0.25, -0.2) is 9.97 Å². The van der Waals surface area contributed by atoms with E-state index in [2.05, 4.69) is 179 Å². The summed E-state index contributed by atoms with van der Waals surface area (Å²) in [4.78, 5) is 10.2. The highest BCUT2D eigenvalue weighted by atomic mass is 15.0. The lowest BCUT2D eigenvalue weighted by Gasteiger charge is -2.13. The Bertz CT molecular complexity index is 3150. The molecule has 0 saturated heterocycles. The van der Waals surface area contributed by atoms with Crippen LogP contribution in [0.5, 0.6) is 0 Å². The van der Waals surface area contributed by atoms with Gasteiger partial charge in [-0.05, 0) is 53.9 Å². The van der Waals surface area contributed by atoms with Gasteiger partial charge in [-0.3, -0.25) is 0 Å². The minimum atomic E-state index is 0.708. The largest absolute Gasteiger partial charge is 0.309 e. The highest BCUT2D eigenvalue weighted by molar-refractivity contribution is 6.19. The average Bonchev–Trinajstić information content (AvgIpc) is 3.75. The van der Waals surface area contributed by atoms with Crippen molar-refractivity contribution < 1.29 is 0 Å². The van der Waals surface area contributed by atoms with Gasteiger partial charge in [0.25, 0.3) is 0 Å². The molecule has 4 heteroatoms. The van der Waals surface area contributed by atoms with Crippen LogP contribution in [0.4, 0.5) is 0 Å². The molecule has 0 aliphatic rings. The predicted molar refractivity (Wildman–Crippen MR) is 225 cm³/mol. The normalized spacial score (nSPS) is 11.7. The fourth-order valence-electron chi connectivity index (χ4n) is 8.24. The Labute approximate surface area is 311 Å². The summed E-state index contributed by atoms with van der Waals surface area (Å²) in [5, 5.41) is 7.35. The number of benzene rings is 8. The lowest BCUT2D eigenvalue weighted by Crippen LogP contribution is -1.98. The molecule has 0 saturated carbocycles. The Hall–Kier alpha value is -7.30. The Morgan fingerprint density at radius 2 is 0.833 bits per heavy atom. The maximum atomic E-state index is 5.15. The summed E-state index contributed by atoms with van der Waals surface area (Å²) >= 11 is 0. The van der Waals surface area contributed by atoms with Crippen LogP contribution in [0, 0.1) is 0 Å². The van der Waals surface area contributed by atoms with Gasteiger partial charge in [0.2, 0.25) is 0 Å². The molecule has 0 radical (unpaired) electrons. The first kappa shape index (κ1) is 30.3. The number of aromatic nitrogens is 4. The van der Waals surface area contributed by atoms with Crippen molar-refractivity contribution in [1.29, 1.82) is 0 Å². The van der Waals surface area contributed by atoms with Gasteiger partial charge in [-0.15, -0.1) is 0 Å². The molecule has 0 aliphatic heterocycles. The standard InChI is InChI=1S/C50H32N4/c1-3-16-34(17-4-1)43-32-44(52-50(51-43)35-18-5-2-6-19-35)36-21-13-22-37(29-36)53-46-26-11-9-24-39(46)41-31-49-42(30-48(41)53)40-25-10-12-27-47(40)54(49)45-28-14-20-33-15-7-8-23-38(33)45/h1-32H. The van der Waals surface area contributed by atoms with Gasteiger partial charge in [0, 0.05) is 49.3 Å². The molecule has 11 rings (SSSR count). The maximum absolute atomic E-state index is 5.15. The number of nitrogens with zero attached hydrogens (tertiary/aromatic N) is 4. The van der Waals surface area contributed by atoms with Crippen molar-refractivity contribution in [2.75, 3.05) is 0 Å². The van der Waals surface area contributed by atoms with Crippen LogP contribution in [-0.2, 0) is 0 Å². The Kier molecular flexibility index (Phi) is 6.82. The van der Waals surface area contributed by atoms with Gasteiger partial charge in [0.15, 0.2) is 5.82 Å². The van der Waals surface area contributed by atoms with Gasteiger partial charge < -0.3 is 9.13 Å². The Balaban J connectivity index is 1.15. The molecule has 3 aromatic heterocycles. The summed E-state index contributed by atoms with van der Waals surface area (Å²) in [5.74, 6) is 0.708. The summed E-state index contributed by atoms with van der Waals surface area (Å²) in [5.41, 5.74) is 11.8. The van der Waals surface area contributed by atoms with E-state index in [1.807, 2.05) is 24.3 Å². The van der Waals surface area contributed by atoms with Crippen LogP contribution in [0.3, 0.4) is 0 Å². The highest BCUT2D eigenvalue weighted by Gasteiger charge is 2.20. The second kappa shape index (κ2) is 12.1. The second-order valence-corrected chi connectivity index (χ2v) is 13.8. The van der Waals surface area contributed by atoms with E-state index in [9.17, 15) is 0 Å². The fourth-order valence-corrected chi connectivity index (χ4v) is 8.24. The summed E-state index contributed by atoms with van der Waals surface area (Å²) in [7, 11) is 0. The van der Waals surface area contributed by atoms with E-state index in [0.717, 1.165) is 39.3 Å². The van der Waals surface area contributed by atoms with Crippen LogP contribution < -0.4 is 0 Å². The van der Waals surface area contributed by atoms with Crippen LogP contribution in [0.15, 0.2) is 194 Å². The van der Waals surface area contributed by atoms with Crippen LogP contribution in [-0.4, -0.2) is 19.1 Å². The number of hydrogen-bond acceptors (Lipinski definition) is 2. The first-order valence-corrected chi connectivity index (χ1v) is 18.3. The second-order valence-electron chi connectivity index (χ2n) is 13.8. The molecule has 54 heavy (non-hydrogen) atoms. The summed E-state index contributed by atoms with van der Waals surface area (Å²) < 4.78 is 4.86. The lowest BCUT2D eigenvalue weighted by molar-refractivity contribution is 1.16. The molecule has 0 unspecified atom stereocenters. The van der Waals surface area contributed by atoms with Crippen molar-refractivity contribution >= 4 is 54.4 Å². The van der Waals surface area contributed by atoms with E-state index >= 15 is 0 Å². The molecule has 8 aromatic carbocycles. The lowest BCUT2D eigenvalue weighted by atomic mass is 10.1. The van der Waals surface area contributed by atoms with Gasteiger partial charge >= 0.3 is 0 Å². The molecule has 0 spiro atoms. The summed E-state index contributed by atoms with van der Waals surface area (Å²) in [6.45, 7) is 0. The van der Waals surface area contributed by atoms with E-state index in [4.69, 9.17) is 9.97 Å². The highest BCUT2D eigenvalue weighted by Crippen LogP contribution is 2.41. The topological polar surface area (TPSA) is 35.6 Å². The third-order valence-corrected chi connectivity index (χ3v) is 10.7. The smallest absolute Gasteiger partial charge is 0.160 e. The molecule has 0 amide bonds. The zero-order valence-corrected chi connectivity index (χ0v) is 29.3. The fraction of sp³-hybridized carbons (Fsp3) is 0. The molecule has 0 N–H and O–H groups in total. The van der Waals surface area contributed by atoms with Crippen LogP contribution in [0.25, 0.3) is 99.7 Å². The molecule has 0 bridgehead atoms. The third-order valence-electron chi connectivity index (χ3n) is 10.7. The van der Waals surface area contributed by atoms with Crippen molar-refractivity contribution in [3.8, 4) is 45.3 Å². The molecule has 3 heterocycles. The van der Waals surface area contributed by atoms with E-state index in [1.54, 1.807) is 0 Å². The molecule has 0 fully saturated rings. The number of rotatable bonds is 5. The van der Waals surface area contributed by atoms with E-state index in [0.29, 0.717) is 5.82 Å². The van der Waals surface area contributed by atoms with Crippen molar-refractivity contribution in [1.82, 2.24) is 19.1 Å². The maximum Gasteiger partial charge on any atom is 0.160 e. The number of fused-ring (bicyclic) bond motifs is 7. The van der Waals surface area contributed by atoms with Gasteiger partial charge in [0.1, 0.15) is 0 Å². The monoisotopic (exact) mass is 688 g/mol. The van der Waals surface area contributed by atoms with Crippen molar-refractivity contribution in [2.45, 2.75) is 0 Å². The summed E-state index contributed by atoms with van der Waals surface area (Å²) in [6.07, 6.45) is 0. The quantitative estimate of drug-likeness (QED) is 0.180. The minimum Gasteiger partial charge on any atom is -0.309 e. The molecule has 252 valence electrons. The Morgan fingerprint density at radius 3 is 1.56 bits per heavy atom. The summed E-state index contributed by atoms with van der Waals surface area (Å²) in [6, 6.07) is 69.1. The van der Waals surface area contributed by atoms with Crippen molar-refractivity contribution in [3.05, 3.63) is 194 Å². The molecular formula is C50H32N4. The van der Waals surface area contributed by atoms with Crippen molar-refractivity contribution in [3.63, 3.8) is 0 Å². The first-order chi connectivity index (χ1) is 26.8. The van der Waals surface area contributed by atoms with Gasteiger partial charge in [-0.1, -0.05) is 146 Å². The molecule has 0 aliphatic carbocycles. The average molecular weight is 689 g/mol. The number of para-hydroxylation sites is 2. The van der Waals surface area contributed by atoms with Crippen LogP contribution in [0.2, 0.25) is 0 Å². The molecule has 11 aromatic rings.